The fraction of sp³-hybridized carbons (Fsp3) is 0.208. The lowest BCUT2D eigenvalue weighted by molar-refractivity contribution is -0.116. The summed E-state index contributed by atoms with van der Waals surface area (Å²) in [5.74, 6) is 1.66. The van der Waals surface area contributed by atoms with E-state index in [1.54, 1.807) is 0 Å². The van der Waals surface area contributed by atoms with Crippen LogP contribution < -0.4 is 14.8 Å². The number of allylic oxidation sites excluding steroid dienone is 2. The first-order valence-corrected chi connectivity index (χ1v) is 9.74. The minimum Gasteiger partial charge on any atom is -0.454 e. The summed E-state index contributed by atoms with van der Waals surface area (Å²) >= 11 is 0. The molecule has 4 heteroatoms. The minimum absolute atomic E-state index is 0.0975. The van der Waals surface area contributed by atoms with Gasteiger partial charge in [0.15, 0.2) is 17.3 Å². The molecule has 2 aliphatic heterocycles. The number of ether oxygens (including phenoxy) is 2. The Hall–Kier alpha value is -3.27. The van der Waals surface area contributed by atoms with Crippen molar-refractivity contribution in [3.05, 3.63) is 77.0 Å². The van der Waals surface area contributed by atoms with Gasteiger partial charge in [-0.15, -0.1) is 0 Å². The van der Waals surface area contributed by atoms with Crippen LogP contribution in [-0.2, 0) is 4.79 Å². The van der Waals surface area contributed by atoms with Gasteiger partial charge in [0.25, 0.3) is 0 Å². The number of hydrogen-bond acceptors (Lipinski definition) is 4. The van der Waals surface area contributed by atoms with Crippen LogP contribution in [0.3, 0.4) is 0 Å². The molecular weight excluding hydrogens is 350 g/mol. The number of ketones is 1. The van der Waals surface area contributed by atoms with Crippen molar-refractivity contribution in [2.24, 2.45) is 0 Å². The van der Waals surface area contributed by atoms with E-state index in [0.29, 0.717) is 6.42 Å². The van der Waals surface area contributed by atoms with Crippen molar-refractivity contribution in [1.29, 1.82) is 0 Å². The third kappa shape index (κ3) is 2.21. The van der Waals surface area contributed by atoms with E-state index in [9.17, 15) is 4.79 Å². The van der Waals surface area contributed by atoms with E-state index < -0.39 is 0 Å². The molecule has 1 aliphatic carbocycles. The number of fused-ring (bicyclic) bond motifs is 4. The molecule has 0 saturated carbocycles. The Morgan fingerprint density at radius 1 is 0.929 bits per heavy atom. The summed E-state index contributed by atoms with van der Waals surface area (Å²) in [6.07, 6.45) is 2.43. The molecule has 0 spiro atoms. The van der Waals surface area contributed by atoms with E-state index in [1.807, 2.05) is 12.1 Å². The van der Waals surface area contributed by atoms with Crippen LogP contribution in [-0.4, -0.2) is 12.6 Å². The number of benzene rings is 3. The van der Waals surface area contributed by atoms with Crippen molar-refractivity contribution in [1.82, 2.24) is 0 Å². The van der Waals surface area contributed by atoms with Gasteiger partial charge in [-0.1, -0.05) is 36.4 Å². The molecule has 0 aromatic heterocycles. The highest BCUT2D eigenvalue weighted by Gasteiger charge is 2.36. The second-order valence-corrected chi connectivity index (χ2v) is 7.59. The molecule has 28 heavy (non-hydrogen) atoms. The molecule has 3 aliphatic rings. The Labute approximate surface area is 162 Å². The van der Waals surface area contributed by atoms with Gasteiger partial charge < -0.3 is 14.8 Å². The highest BCUT2D eigenvalue weighted by atomic mass is 16.7. The predicted octanol–water partition coefficient (Wildman–Crippen LogP) is 5.13. The summed E-state index contributed by atoms with van der Waals surface area (Å²) in [6.45, 7) is 0.247. The van der Waals surface area contributed by atoms with Gasteiger partial charge >= 0.3 is 0 Å². The zero-order valence-corrected chi connectivity index (χ0v) is 15.3. The lowest BCUT2D eigenvalue weighted by Gasteiger charge is -2.35. The molecule has 0 radical (unpaired) electrons. The molecule has 4 nitrogen and oxygen atoms in total. The van der Waals surface area contributed by atoms with E-state index in [0.717, 1.165) is 46.9 Å². The molecule has 3 aromatic rings. The summed E-state index contributed by atoms with van der Waals surface area (Å²) in [6, 6.07) is 18.7. The summed E-state index contributed by atoms with van der Waals surface area (Å²) in [5, 5.41) is 5.94. The molecule has 2 heterocycles. The van der Waals surface area contributed by atoms with Gasteiger partial charge in [-0.2, -0.15) is 0 Å². The average Bonchev–Trinajstić information content (AvgIpc) is 3.20. The van der Waals surface area contributed by atoms with E-state index in [1.165, 1.54) is 16.3 Å². The molecular formula is C24H19NO3. The van der Waals surface area contributed by atoms with Crippen molar-refractivity contribution in [2.75, 3.05) is 12.1 Å². The highest BCUT2D eigenvalue weighted by Crippen LogP contribution is 2.49. The molecule has 1 atom stereocenters. The molecule has 0 amide bonds. The standard InChI is InChI=1S/C24H19NO3/c26-19-7-3-6-17-24(19)22(15-9-11-20-21(12-15)28-13-27-20)23-16-5-2-1-4-14(16)8-10-18(23)25-17/h1-2,4-5,8-12,22,25H,3,6-7,13H2. The van der Waals surface area contributed by atoms with E-state index in [2.05, 4.69) is 47.8 Å². The van der Waals surface area contributed by atoms with E-state index >= 15 is 0 Å². The normalized spacial score (nSPS) is 20.0. The highest BCUT2D eigenvalue weighted by molar-refractivity contribution is 6.04. The third-order valence-electron chi connectivity index (χ3n) is 6.02. The SMILES string of the molecule is O=C1CCCC2=C1C(c1ccc3c(c1)OCO3)c1c(ccc3ccccc13)N2. The van der Waals surface area contributed by atoms with Crippen LogP contribution in [0.25, 0.3) is 10.8 Å². The van der Waals surface area contributed by atoms with Crippen molar-refractivity contribution in [2.45, 2.75) is 25.2 Å². The Bertz CT molecular complexity index is 1180. The van der Waals surface area contributed by atoms with Gasteiger partial charge in [0, 0.05) is 29.3 Å². The van der Waals surface area contributed by atoms with Gasteiger partial charge in [0.2, 0.25) is 6.79 Å². The monoisotopic (exact) mass is 369 g/mol. The average molecular weight is 369 g/mol. The van der Waals surface area contributed by atoms with Crippen molar-refractivity contribution in [3.63, 3.8) is 0 Å². The zero-order valence-electron chi connectivity index (χ0n) is 15.3. The van der Waals surface area contributed by atoms with Gasteiger partial charge in [-0.3, -0.25) is 4.79 Å². The summed E-state index contributed by atoms with van der Waals surface area (Å²) in [4.78, 5) is 13.0. The molecule has 0 fully saturated rings. The van der Waals surface area contributed by atoms with E-state index in [-0.39, 0.29) is 18.5 Å². The van der Waals surface area contributed by atoms with Crippen LogP contribution in [0.5, 0.6) is 11.5 Å². The van der Waals surface area contributed by atoms with Gasteiger partial charge in [0.05, 0.1) is 0 Å². The molecule has 138 valence electrons. The number of Topliss-reactive ketones (excluding diaryl/α,β-unsaturated/α-hetero) is 1. The summed E-state index contributed by atoms with van der Waals surface area (Å²) in [7, 11) is 0. The predicted molar refractivity (Wildman–Crippen MR) is 108 cm³/mol. The van der Waals surface area contributed by atoms with Crippen LogP contribution in [0.4, 0.5) is 5.69 Å². The fourth-order valence-electron chi connectivity index (χ4n) is 4.78. The molecule has 1 unspecified atom stereocenters. The Morgan fingerprint density at radius 2 is 1.82 bits per heavy atom. The smallest absolute Gasteiger partial charge is 0.231 e. The lowest BCUT2D eigenvalue weighted by Crippen LogP contribution is -2.27. The van der Waals surface area contributed by atoms with Crippen LogP contribution in [0.15, 0.2) is 65.9 Å². The van der Waals surface area contributed by atoms with Gasteiger partial charge in [0.1, 0.15) is 0 Å². The van der Waals surface area contributed by atoms with Gasteiger partial charge in [-0.05, 0) is 52.9 Å². The Kier molecular flexibility index (Phi) is 3.30. The van der Waals surface area contributed by atoms with Crippen LogP contribution >= 0.6 is 0 Å². The number of nitrogens with one attached hydrogen (secondary N) is 1. The molecule has 1 N–H and O–H groups in total. The quantitative estimate of drug-likeness (QED) is 0.646. The molecule has 3 aromatic carbocycles. The number of carbonyl (C=O) groups is 1. The first kappa shape index (κ1) is 15.8. The summed E-state index contributed by atoms with van der Waals surface area (Å²) in [5.41, 5.74) is 5.32. The first-order valence-electron chi connectivity index (χ1n) is 9.74. The lowest BCUT2D eigenvalue weighted by atomic mass is 9.74. The maximum atomic E-state index is 13.0. The summed E-state index contributed by atoms with van der Waals surface area (Å²) < 4.78 is 11.1. The van der Waals surface area contributed by atoms with Crippen LogP contribution in [0, 0.1) is 0 Å². The Balaban J connectivity index is 1.65. The minimum atomic E-state index is -0.0975. The van der Waals surface area contributed by atoms with Crippen molar-refractivity contribution < 1.29 is 14.3 Å². The second-order valence-electron chi connectivity index (χ2n) is 7.59. The van der Waals surface area contributed by atoms with Crippen molar-refractivity contribution >= 4 is 22.2 Å². The molecule has 0 saturated heterocycles. The van der Waals surface area contributed by atoms with Crippen LogP contribution in [0.1, 0.15) is 36.3 Å². The van der Waals surface area contributed by atoms with Crippen LogP contribution in [0.2, 0.25) is 0 Å². The number of rotatable bonds is 1. The third-order valence-corrected chi connectivity index (χ3v) is 6.02. The number of carbonyl (C=O) groups excluding carboxylic acids is 1. The van der Waals surface area contributed by atoms with E-state index in [4.69, 9.17) is 9.47 Å². The zero-order chi connectivity index (χ0) is 18.7. The van der Waals surface area contributed by atoms with Crippen molar-refractivity contribution in [3.8, 4) is 11.5 Å². The molecule has 6 rings (SSSR count). The fourth-order valence-corrected chi connectivity index (χ4v) is 4.78. The largest absolute Gasteiger partial charge is 0.454 e. The number of hydrogen-bond donors (Lipinski definition) is 1. The molecule has 0 bridgehead atoms. The topological polar surface area (TPSA) is 47.6 Å². The maximum Gasteiger partial charge on any atom is 0.231 e. The first-order chi connectivity index (χ1) is 13.8. The second kappa shape index (κ2) is 5.86. The maximum absolute atomic E-state index is 13.0. The number of anilines is 1. The Morgan fingerprint density at radius 3 is 2.79 bits per heavy atom. The van der Waals surface area contributed by atoms with Gasteiger partial charge in [-0.25, -0.2) is 0 Å².